The smallest absolute Gasteiger partial charge is 0.407 e. The maximum Gasteiger partial charge on any atom is 0.407 e. The molecule has 0 aliphatic carbocycles. The molecule has 2 aromatic heterocycles. The zero-order valence-corrected chi connectivity index (χ0v) is 19.6. The second kappa shape index (κ2) is 9.87. The molecule has 0 unspecified atom stereocenters. The Morgan fingerprint density at radius 1 is 1.14 bits per heavy atom. The lowest BCUT2D eigenvalue weighted by Gasteiger charge is -2.36. The number of alkyl halides is 1. The van der Waals surface area contributed by atoms with E-state index >= 15 is 4.39 Å². The second-order valence-corrected chi connectivity index (χ2v) is 8.94. The van der Waals surface area contributed by atoms with Crippen molar-refractivity contribution in [3.8, 4) is 11.3 Å². The molecule has 35 heavy (non-hydrogen) atoms. The molecule has 1 aliphatic rings. The van der Waals surface area contributed by atoms with Gasteiger partial charge in [0.1, 0.15) is 29.3 Å². The molecule has 0 atom stereocenters. The minimum Gasteiger partial charge on any atom is -0.445 e. The van der Waals surface area contributed by atoms with Crippen molar-refractivity contribution in [2.45, 2.75) is 25.1 Å². The summed E-state index contributed by atoms with van der Waals surface area (Å²) in [5.41, 5.74) is 1.94. The van der Waals surface area contributed by atoms with E-state index < -0.39 is 11.8 Å². The normalized spacial score (nSPS) is 15.2. The molecule has 3 heterocycles. The average molecular weight is 495 g/mol. The summed E-state index contributed by atoms with van der Waals surface area (Å²) in [6.45, 7) is 0.944. The van der Waals surface area contributed by atoms with Crippen molar-refractivity contribution in [2.24, 2.45) is 0 Å². The number of alkyl carbamates (subject to hydrolysis) is 1. The first-order valence-corrected chi connectivity index (χ1v) is 11.7. The van der Waals surface area contributed by atoms with E-state index in [2.05, 4.69) is 25.5 Å². The quantitative estimate of drug-likeness (QED) is 0.395. The number of H-pyrrole nitrogens is 1. The summed E-state index contributed by atoms with van der Waals surface area (Å²) in [6.07, 6.45) is 1.54. The number of anilines is 1. The first-order valence-electron chi connectivity index (χ1n) is 11.4. The van der Waals surface area contributed by atoms with Gasteiger partial charge in [0.15, 0.2) is 5.65 Å². The van der Waals surface area contributed by atoms with E-state index in [1.54, 1.807) is 12.3 Å². The summed E-state index contributed by atoms with van der Waals surface area (Å²) in [7, 11) is 0. The number of aromatic nitrogens is 4. The van der Waals surface area contributed by atoms with E-state index in [0.29, 0.717) is 40.8 Å². The summed E-state index contributed by atoms with van der Waals surface area (Å²) < 4.78 is 20.5. The zero-order valence-electron chi connectivity index (χ0n) is 18.9. The molecule has 10 heteroatoms. The predicted octanol–water partition coefficient (Wildman–Crippen LogP) is 4.91. The van der Waals surface area contributed by atoms with Crippen LogP contribution in [0.1, 0.15) is 18.4 Å². The van der Waals surface area contributed by atoms with Crippen molar-refractivity contribution in [3.05, 3.63) is 71.4 Å². The Kier molecular flexibility index (Phi) is 6.50. The van der Waals surface area contributed by atoms with Crippen LogP contribution in [0.25, 0.3) is 22.4 Å². The number of benzene rings is 2. The fraction of sp³-hybridized carbons (Fsp3) is 0.280. The molecule has 0 radical (unpaired) electrons. The highest BCUT2D eigenvalue weighted by atomic mass is 35.5. The highest BCUT2D eigenvalue weighted by Crippen LogP contribution is 2.32. The Labute approximate surface area is 206 Å². The van der Waals surface area contributed by atoms with Crippen LogP contribution in [-0.2, 0) is 11.3 Å². The fourth-order valence-electron chi connectivity index (χ4n) is 4.10. The van der Waals surface area contributed by atoms with E-state index in [0.717, 1.165) is 11.1 Å². The maximum absolute atomic E-state index is 15.3. The number of halogens is 2. The van der Waals surface area contributed by atoms with E-state index in [-0.39, 0.29) is 26.0 Å². The molecule has 5 rings (SSSR count). The molecule has 2 N–H and O–H groups in total. The number of aromatic amines is 1. The van der Waals surface area contributed by atoms with Crippen molar-refractivity contribution in [1.29, 1.82) is 0 Å². The molecule has 4 aromatic rings. The number of fused-ring (bicyclic) bond motifs is 1. The summed E-state index contributed by atoms with van der Waals surface area (Å²) in [4.78, 5) is 23.2. The summed E-state index contributed by atoms with van der Waals surface area (Å²) >= 11 is 6.31. The molecule has 1 fully saturated rings. The van der Waals surface area contributed by atoms with Gasteiger partial charge >= 0.3 is 6.09 Å². The van der Waals surface area contributed by atoms with Crippen molar-refractivity contribution in [1.82, 2.24) is 25.5 Å². The number of carbonyl (C=O) groups excluding carboxylic acids is 1. The molecule has 0 spiro atoms. The van der Waals surface area contributed by atoms with Crippen LogP contribution in [0.15, 0.2) is 60.8 Å². The molecular weight excluding hydrogens is 471 g/mol. The third kappa shape index (κ3) is 5.19. The zero-order chi connectivity index (χ0) is 24.3. The van der Waals surface area contributed by atoms with Gasteiger partial charge in [-0.3, -0.25) is 5.10 Å². The van der Waals surface area contributed by atoms with Crippen LogP contribution in [0.4, 0.5) is 15.0 Å². The molecule has 1 saturated heterocycles. The Morgan fingerprint density at radius 2 is 1.89 bits per heavy atom. The number of ether oxygens (including phenoxy) is 1. The third-order valence-electron chi connectivity index (χ3n) is 6.13. The molecule has 180 valence electrons. The van der Waals surface area contributed by atoms with Gasteiger partial charge in [0.05, 0.1) is 17.8 Å². The highest BCUT2D eigenvalue weighted by Gasteiger charge is 2.35. The Bertz CT molecular complexity index is 1320. The minimum atomic E-state index is -1.51. The van der Waals surface area contributed by atoms with Crippen LogP contribution in [0.2, 0.25) is 5.02 Å². The van der Waals surface area contributed by atoms with Crippen LogP contribution >= 0.6 is 11.6 Å². The molecule has 1 amide bonds. The molecule has 1 aliphatic heterocycles. The largest absolute Gasteiger partial charge is 0.445 e. The van der Waals surface area contributed by atoms with Crippen molar-refractivity contribution in [2.75, 3.05) is 24.5 Å². The van der Waals surface area contributed by atoms with Gasteiger partial charge in [-0.15, -0.1) is 0 Å². The number of nitrogens with one attached hydrogen (secondary N) is 2. The number of piperidine rings is 1. The Hall–Kier alpha value is -3.72. The van der Waals surface area contributed by atoms with Gasteiger partial charge in [-0.25, -0.2) is 19.2 Å². The van der Waals surface area contributed by atoms with Crippen LogP contribution in [0, 0.1) is 0 Å². The number of amides is 1. The number of rotatable bonds is 6. The molecular formula is C25H24ClFN6O2. The SMILES string of the molecule is O=C(NCC1(F)CCN(c2cnc3c(-c4ccccc4Cl)n[nH]c3n2)CC1)OCc1ccccc1. The maximum atomic E-state index is 15.3. The fourth-order valence-corrected chi connectivity index (χ4v) is 4.33. The number of nitrogens with zero attached hydrogens (tertiary/aromatic N) is 4. The average Bonchev–Trinajstić information content (AvgIpc) is 3.31. The summed E-state index contributed by atoms with van der Waals surface area (Å²) in [6, 6.07) is 16.8. The van der Waals surface area contributed by atoms with Crippen molar-refractivity contribution in [3.63, 3.8) is 0 Å². The van der Waals surface area contributed by atoms with Gasteiger partial charge in [0, 0.05) is 31.5 Å². The third-order valence-corrected chi connectivity index (χ3v) is 6.46. The lowest BCUT2D eigenvalue weighted by Crippen LogP contribution is -2.48. The van der Waals surface area contributed by atoms with Gasteiger partial charge in [-0.1, -0.05) is 60.1 Å². The standard InChI is InChI=1S/C25H24ClFN6O2/c26-19-9-5-4-8-18(19)21-22-23(32-31-21)30-20(14-28-22)33-12-10-25(27,11-13-33)16-29-24(34)35-15-17-6-2-1-3-7-17/h1-9,14H,10-13,15-16H2,(H,29,34)(H,30,31,32). The second-order valence-electron chi connectivity index (χ2n) is 8.53. The van der Waals surface area contributed by atoms with Crippen LogP contribution < -0.4 is 10.2 Å². The van der Waals surface area contributed by atoms with E-state index in [9.17, 15) is 4.79 Å². The Morgan fingerprint density at radius 3 is 2.66 bits per heavy atom. The number of hydrogen-bond donors (Lipinski definition) is 2. The monoisotopic (exact) mass is 494 g/mol. The van der Waals surface area contributed by atoms with Crippen molar-refractivity contribution < 1.29 is 13.9 Å². The van der Waals surface area contributed by atoms with Gasteiger partial charge in [-0.2, -0.15) is 5.10 Å². The number of hydrogen-bond acceptors (Lipinski definition) is 6. The van der Waals surface area contributed by atoms with Gasteiger partial charge < -0.3 is 15.0 Å². The predicted molar refractivity (Wildman–Crippen MR) is 132 cm³/mol. The van der Waals surface area contributed by atoms with Gasteiger partial charge in [0.25, 0.3) is 0 Å². The molecule has 8 nitrogen and oxygen atoms in total. The van der Waals surface area contributed by atoms with E-state index in [4.69, 9.17) is 16.3 Å². The van der Waals surface area contributed by atoms with E-state index in [1.807, 2.05) is 53.4 Å². The highest BCUT2D eigenvalue weighted by molar-refractivity contribution is 6.33. The van der Waals surface area contributed by atoms with Crippen LogP contribution in [0.3, 0.4) is 0 Å². The lowest BCUT2D eigenvalue weighted by atomic mass is 9.93. The number of carbonyl (C=O) groups is 1. The van der Waals surface area contributed by atoms with Gasteiger partial charge in [-0.05, 0) is 11.6 Å². The Balaban J connectivity index is 1.17. The molecule has 2 aromatic carbocycles. The van der Waals surface area contributed by atoms with Crippen LogP contribution in [0.5, 0.6) is 0 Å². The molecule has 0 bridgehead atoms. The first kappa shape index (κ1) is 23.0. The molecule has 0 saturated carbocycles. The topological polar surface area (TPSA) is 96.0 Å². The lowest BCUT2D eigenvalue weighted by molar-refractivity contribution is 0.104. The van der Waals surface area contributed by atoms with Crippen LogP contribution in [-0.4, -0.2) is 51.6 Å². The summed E-state index contributed by atoms with van der Waals surface area (Å²) in [5.74, 6) is 0.643. The minimum absolute atomic E-state index is 0.0963. The first-order chi connectivity index (χ1) is 17.0. The van der Waals surface area contributed by atoms with Crippen molar-refractivity contribution >= 4 is 34.7 Å². The summed E-state index contributed by atoms with van der Waals surface area (Å²) in [5, 5.41) is 10.4. The van der Waals surface area contributed by atoms with E-state index in [1.165, 1.54) is 0 Å². The van der Waals surface area contributed by atoms with Gasteiger partial charge in [0.2, 0.25) is 0 Å².